The third kappa shape index (κ3) is 3.42. The number of rotatable bonds is 6. The van der Waals surface area contributed by atoms with Crippen LogP contribution < -0.4 is 10.1 Å². The van der Waals surface area contributed by atoms with Crippen molar-refractivity contribution in [2.24, 2.45) is 0 Å². The highest BCUT2D eigenvalue weighted by Gasteiger charge is 2.44. The molecule has 1 amide bonds. The summed E-state index contributed by atoms with van der Waals surface area (Å²) in [6.45, 7) is 0. The van der Waals surface area contributed by atoms with E-state index in [0.29, 0.717) is 5.56 Å². The van der Waals surface area contributed by atoms with Crippen LogP contribution in [0, 0.1) is 0 Å². The number of carbonyl (C=O) groups is 2. The molecule has 114 valence electrons. The largest absolute Gasteiger partial charge is 0.475 e. The van der Waals surface area contributed by atoms with Gasteiger partial charge in [0, 0.05) is 12.7 Å². The summed E-state index contributed by atoms with van der Waals surface area (Å²) in [6, 6.07) is 16.4. The topological polar surface area (TPSA) is 84.9 Å². The molecule has 1 atom stereocenters. The second-order valence-corrected chi connectivity index (χ2v) is 4.36. The predicted molar refractivity (Wildman–Crippen MR) is 78.4 cm³/mol. The zero-order valence-electron chi connectivity index (χ0n) is 11.9. The zero-order valence-corrected chi connectivity index (χ0v) is 11.9. The van der Waals surface area contributed by atoms with Gasteiger partial charge in [0.1, 0.15) is 5.75 Å². The first-order chi connectivity index (χ1) is 10.6. The van der Waals surface area contributed by atoms with E-state index in [-0.39, 0.29) is 5.75 Å². The number of amides is 1. The minimum Gasteiger partial charge on any atom is -0.475 e. The first kappa shape index (κ1) is 15.5. The van der Waals surface area contributed by atoms with E-state index in [1.165, 1.54) is 0 Å². The molecule has 0 aliphatic rings. The summed E-state index contributed by atoms with van der Waals surface area (Å²) in [6.07, 6.45) is 0. The molecule has 0 heterocycles. The van der Waals surface area contributed by atoms with Gasteiger partial charge in [-0.25, -0.2) is 4.79 Å². The van der Waals surface area contributed by atoms with E-state index in [1.807, 2.05) is 0 Å². The van der Waals surface area contributed by atoms with Gasteiger partial charge in [0.25, 0.3) is 5.91 Å². The molecular formula is C16H15NO5. The highest BCUT2D eigenvalue weighted by Crippen LogP contribution is 2.18. The third-order valence-electron chi connectivity index (χ3n) is 2.89. The highest BCUT2D eigenvalue weighted by molar-refractivity contribution is 5.97. The van der Waals surface area contributed by atoms with Gasteiger partial charge in [-0.3, -0.25) is 10.1 Å². The Bertz CT molecular complexity index is 644. The standard InChI is InChI=1S/C16H15NO5/c1-21-16(15(19)20,22-13-10-6-3-7-11-13)17-14(18)12-8-4-2-5-9-12/h2-11H,1H3,(H,17,18)(H,19,20). The molecule has 2 N–H and O–H groups in total. The Hall–Kier alpha value is -2.86. The van der Waals surface area contributed by atoms with Gasteiger partial charge in [0.2, 0.25) is 0 Å². The maximum Gasteiger partial charge on any atom is 0.401 e. The number of methoxy groups -OCH3 is 1. The van der Waals surface area contributed by atoms with Crippen molar-refractivity contribution in [1.82, 2.24) is 5.32 Å². The number of para-hydroxylation sites is 1. The van der Waals surface area contributed by atoms with E-state index >= 15 is 0 Å². The van der Waals surface area contributed by atoms with E-state index in [0.717, 1.165) is 7.11 Å². The lowest BCUT2D eigenvalue weighted by atomic mass is 10.2. The summed E-state index contributed by atoms with van der Waals surface area (Å²) in [5, 5.41) is 11.7. The molecule has 6 nitrogen and oxygen atoms in total. The number of benzene rings is 2. The Kier molecular flexibility index (Phi) is 4.75. The highest BCUT2D eigenvalue weighted by atomic mass is 16.7. The van der Waals surface area contributed by atoms with Gasteiger partial charge in [0.15, 0.2) is 0 Å². The number of nitrogens with one attached hydrogen (secondary N) is 1. The van der Waals surface area contributed by atoms with Gasteiger partial charge >= 0.3 is 11.9 Å². The molecule has 0 saturated heterocycles. The van der Waals surface area contributed by atoms with E-state index in [1.54, 1.807) is 60.7 Å². The van der Waals surface area contributed by atoms with Gasteiger partial charge in [-0.1, -0.05) is 36.4 Å². The lowest BCUT2D eigenvalue weighted by molar-refractivity contribution is -0.210. The minimum absolute atomic E-state index is 0.250. The van der Waals surface area contributed by atoms with Crippen molar-refractivity contribution in [3.8, 4) is 5.75 Å². The maximum absolute atomic E-state index is 12.2. The quantitative estimate of drug-likeness (QED) is 0.796. The van der Waals surface area contributed by atoms with Gasteiger partial charge in [-0.05, 0) is 24.3 Å². The SMILES string of the molecule is COC(NC(=O)c1ccccc1)(Oc1ccccc1)C(=O)O. The van der Waals surface area contributed by atoms with Crippen LogP contribution in [0.15, 0.2) is 60.7 Å². The second-order valence-electron chi connectivity index (χ2n) is 4.36. The zero-order chi connectivity index (χ0) is 16.0. The number of hydrogen-bond acceptors (Lipinski definition) is 4. The van der Waals surface area contributed by atoms with Crippen LogP contribution in [0.1, 0.15) is 10.4 Å². The van der Waals surface area contributed by atoms with Crippen LogP contribution in [0.5, 0.6) is 5.75 Å². The number of carboxylic acid groups (broad SMARTS) is 1. The van der Waals surface area contributed by atoms with Crippen molar-refractivity contribution in [2.75, 3.05) is 7.11 Å². The molecule has 0 fully saturated rings. The van der Waals surface area contributed by atoms with Crippen molar-refractivity contribution in [3.63, 3.8) is 0 Å². The molecule has 6 heteroatoms. The number of carboxylic acids is 1. The predicted octanol–water partition coefficient (Wildman–Crippen LogP) is 1.88. The van der Waals surface area contributed by atoms with Crippen LogP contribution in [-0.4, -0.2) is 30.0 Å². The fraction of sp³-hybridized carbons (Fsp3) is 0.125. The molecule has 1 unspecified atom stereocenters. The number of aliphatic carboxylic acids is 1. The molecule has 0 aromatic heterocycles. The first-order valence-corrected chi connectivity index (χ1v) is 6.47. The molecule has 2 aromatic rings. The molecule has 0 bridgehead atoms. The van der Waals surface area contributed by atoms with Crippen molar-refractivity contribution >= 4 is 11.9 Å². The molecule has 0 radical (unpaired) electrons. The lowest BCUT2D eigenvalue weighted by Gasteiger charge is -2.28. The number of hydrogen-bond donors (Lipinski definition) is 2. The fourth-order valence-electron chi connectivity index (χ4n) is 1.77. The molecule has 0 aliphatic heterocycles. The molecule has 0 spiro atoms. The monoisotopic (exact) mass is 301 g/mol. The van der Waals surface area contributed by atoms with Crippen molar-refractivity contribution < 1.29 is 24.2 Å². The second kappa shape index (κ2) is 6.73. The van der Waals surface area contributed by atoms with Gasteiger partial charge in [-0.2, -0.15) is 0 Å². The summed E-state index contributed by atoms with van der Waals surface area (Å²) in [5.74, 6) is -4.15. The summed E-state index contributed by atoms with van der Waals surface area (Å²) in [7, 11) is 1.14. The van der Waals surface area contributed by atoms with E-state index < -0.39 is 17.8 Å². The smallest absolute Gasteiger partial charge is 0.401 e. The first-order valence-electron chi connectivity index (χ1n) is 6.47. The van der Waals surface area contributed by atoms with E-state index in [9.17, 15) is 14.7 Å². The molecule has 0 saturated carbocycles. The fourth-order valence-corrected chi connectivity index (χ4v) is 1.77. The van der Waals surface area contributed by atoms with Crippen molar-refractivity contribution in [1.29, 1.82) is 0 Å². The summed E-state index contributed by atoms with van der Waals surface area (Å²) >= 11 is 0. The van der Waals surface area contributed by atoms with Crippen LogP contribution >= 0.6 is 0 Å². The summed E-state index contributed by atoms with van der Waals surface area (Å²) in [5.41, 5.74) is 0.293. The lowest BCUT2D eigenvalue weighted by Crippen LogP contribution is -2.60. The van der Waals surface area contributed by atoms with Gasteiger partial charge in [0.05, 0.1) is 0 Å². The Morgan fingerprint density at radius 3 is 2.05 bits per heavy atom. The van der Waals surface area contributed by atoms with Crippen molar-refractivity contribution in [2.45, 2.75) is 5.91 Å². The van der Waals surface area contributed by atoms with E-state index in [4.69, 9.17) is 9.47 Å². The van der Waals surface area contributed by atoms with Gasteiger partial charge in [-0.15, -0.1) is 0 Å². The van der Waals surface area contributed by atoms with Gasteiger partial charge < -0.3 is 14.6 Å². The Balaban J connectivity index is 2.26. The van der Waals surface area contributed by atoms with Crippen LogP contribution in [0.2, 0.25) is 0 Å². The molecule has 22 heavy (non-hydrogen) atoms. The number of carbonyl (C=O) groups excluding carboxylic acids is 1. The Morgan fingerprint density at radius 2 is 1.55 bits per heavy atom. The summed E-state index contributed by atoms with van der Waals surface area (Å²) < 4.78 is 10.3. The third-order valence-corrected chi connectivity index (χ3v) is 2.89. The number of ether oxygens (including phenoxy) is 2. The van der Waals surface area contributed by atoms with Crippen LogP contribution in [0.3, 0.4) is 0 Å². The molecular weight excluding hydrogens is 286 g/mol. The molecule has 0 aliphatic carbocycles. The molecule has 2 rings (SSSR count). The van der Waals surface area contributed by atoms with Crippen molar-refractivity contribution in [3.05, 3.63) is 66.2 Å². The molecule has 2 aromatic carbocycles. The average Bonchev–Trinajstić information content (AvgIpc) is 2.55. The summed E-state index contributed by atoms with van der Waals surface area (Å²) in [4.78, 5) is 23.7. The average molecular weight is 301 g/mol. The minimum atomic E-state index is -2.31. The Morgan fingerprint density at radius 1 is 1.00 bits per heavy atom. The Labute approximate surface area is 127 Å². The van der Waals surface area contributed by atoms with Crippen LogP contribution in [0.4, 0.5) is 0 Å². The maximum atomic E-state index is 12.2. The van der Waals surface area contributed by atoms with E-state index in [2.05, 4.69) is 5.32 Å². The normalized spacial score (nSPS) is 13.0. The van der Waals surface area contributed by atoms with Crippen LogP contribution in [-0.2, 0) is 9.53 Å². The van der Waals surface area contributed by atoms with Crippen LogP contribution in [0.25, 0.3) is 0 Å².